The van der Waals surface area contributed by atoms with Crippen LogP contribution in [-0.4, -0.2) is 18.2 Å². The first-order valence-corrected chi connectivity index (χ1v) is 2.80. The average Bonchev–Trinajstić information content (AvgIpc) is 1.82. The zero-order chi connectivity index (χ0) is 7.98. The van der Waals surface area contributed by atoms with Gasteiger partial charge in [0.1, 0.15) is 12.3 Å². The summed E-state index contributed by atoms with van der Waals surface area (Å²) in [5.41, 5.74) is 0. The molecule has 0 aliphatic carbocycles. The Kier molecular flexibility index (Phi) is 3.89. The highest BCUT2D eigenvalue weighted by Crippen LogP contribution is 1.79. The van der Waals surface area contributed by atoms with Gasteiger partial charge >= 0.3 is 0 Å². The van der Waals surface area contributed by atoms with E-state index < -0.39 is 5.91 Å². The molecule has 0 atom stereocenters. The number of hydrogen-bond acceptors (Lipinski definition) is 3. The number of nitriles is 1. The van der Waals surface area contributed by atoms with E-state index in [0.29, 0.717) is 0 Å². The first-order valence-electron chi connectivity index (χ1n) is 2.80. The Labute approximate surface area is 58.8 Å². The molecule has 0 saturated carbocycles. The van der Waals surface area contributed by atoms with Gasteiger partial charge in [0, 0.05) is 0 Å². The molecule has 0 bridgehead atoms. The van der Waals surface area contributed by atoms with Crippen LogP contribution in [0, 0.1) is 11.3 Å². The summed E-state index contributed by atoms with van der Waals surface area (Å²) in [5.74, 6) is -0.593. The normalized spacial score (nSPS) is 8.00. The fraction of sp³-hybridized carbons (Fsp3) is 0.500. The number of Topliss-reactive ketones (excluding diaryl/α,β-unsaturated/α-hetero) is 1. The lowest BCUT2D eigenvalue weighted by Gasteiger charge is -1.94. The minimum absolute atomic E-state index is 0.0356. The Bertz CT molecular complexity index is 181. The minimum atomic E-state index is -0.394. The Hall–Kier alpha value is -1.37. The van der Waals surface area contributed by atoms with Crippen LogP contribution in [0.4, 0.5) is 0 Å². The van der Waals surface area contributed by atoms with Gasteiger partial charge in [-0.15, -0.1) is 0 Å². The van der Waals surface area contributed by atoms with Gasteiger partial charge in [-0.05, 0) is 6.92 Å². The second-order valence-corrected chi connectivity index (χ2v) is 1.81. The van der Waals surface area contributed by atoms with E-state index in [0.717, 1.165) is 0 Å². The van der Waals surface area contributed by atoms with Crippen LogP contribution in [0.25, 0.3) is 0 Å². The molecule has 0 rings (SSSR count). The van der Waals surface area contributed by atoms with Crippen molar-refractivity contribution in [1.29, 1.82) is 5.26 Å². The van der Waals surface area contributed by atoms with E-state index in [4.69, 9.17) is 5.26 Å². The van der Waals surface area contributed by atoms with Gasteiger partial charge in [-0.1, -0.05) is 0 Å². The van der Waals surface area contributed by atoms with Crippen molar-refractivity contribution in [2.75, 3.05) is 6.54 Å². The largest absolute Gasteiger partial charge is 0.343 e. The summed E-state index contributed by atoms with van der Waals surface area (Å²) in [5, 5.41) is 10.2. The smallest absolute Gasteiger partial charge is 0.228 e. The quantitative estimate of drug-likeness (QED) is 0.428. The van der Waals surface area contributed by atoms with Crippen LogP contribution in [0.5, 0.6) is 0 Å². The number of rotatable bonds is 3. The molecule has 0 unspecified atom stereocenters. The van der Waals surface area contributed by atoms with Crippen molar-refractivity contribution in [2.45, 2.75) is 13.3 Å². The Morgan fingerprint density at radius 1 is 1.60 bits per heavy atom. The van der Waals surface area contributed by atoms with Crippen LogP contribution >= 0.6 is 0 Å². The van der Waals surface area contributed by atoms with Gasteiger partial charge < -0.3 is 5.32 Å². The second kappa shape index (κ2) is 4.50. The van der Waals surface area contributed by atoms with Gasteiger partial charge in [0.05, 0.1) is 12.5 Å². The zero-order valence-electron chi connectivity index (χ0n) is 5.68. The third kappa shape index (κ3) is 4.78. The molecule has 0 aliphatic heterocycles. The molecule has 0 saturated heterocycles. The summed E-state index contributed by atoms with van der Waals surface area (Å²) in [6.45, 7) is 1.29. The lowest BCUT2D eigenvalue weighted by molar-refractivity contribution is -0.127. The third-order valence-electron chi connectivity index (χ3n) is 0.774. The summed E-state index contributed by atoms with van der Waals surface area (Å²) < 4.78 is 0. The standard InChI is InChI=1S/C6H8N2O2/c1-5(9)4-6(10)8-3-2-7/h3-4H2,1H3,(H,8,10). The third-order valence-corrected chi connectivity index (χ3v) is 0.774. The molecular weight excluding hydrogens is 132 g/mol. The molecule has 1 N–H and O–H groups in total. The lowest BCUT2D eigenvalue weighted by atomic mass is 10.3. The summed E-state index contributed by atoms with van der Waals surface area (Å²) in [6.07, 6.45) is -0.137. The van der Waals surface area contributed by atoms with Gasteiger partial charge in [-0.25, -0.2) is 0 Å². The maximum atomic E-state index is 10.5. The highest BCUT2D eigenvalue weighted by molar-refractivity contribution is 5.96. The monoisotopic (exact) mass is 140 g/mol. The van der Waals surface area contributed by atoms with Crippen LogP contribution in [0.3, 0.4) is 0 Å². The molecule has 1 amide bonds. The first kappa shape index (κ1) is 8.63. The molecule has 4 nitrogen and oxygen atoms in total. The van der Waals surface area contributed by atoms with Crippen LogP contribution in [0.2, 0.25) is 0 Å². The minimum Gasteiger partial charge on any atom is -0.343 e. The van der Waals surface area contributed by atoms with Crippen molar-refractivity contribution in [3.05, 3.63) is 0 Å². The Morgan fingerprint density at radius 2 is 2.20 bits per heavy atom. The van der Waals surface area contributed by atoms with E-state index in [2.05, 4.69) is 5.32 Å². The fourth-order valence-corrected chi connectivity index (χ4v) is 0.427. The Balaban J connectivity index is 3.47. The molecule has 0 aromatic rings. The molecule has 4 heteroatoms. The van der Waals surface area contributed by atoms with E-state index >= 15 is 0 Å². The van der Waals surface area contributed by atoms with Crippen molar-refractivity contribution in [1.82, 2.24) is 5.32 Å². The topological polar surface area (TPSA) is 70.0 Å². The number of amides is 1. The second-order valence-electron chi connectivity index (χ2n) is 1.81. The molecule has 0 aliphatic rings. The van der Waals surface area contributed by atoms with Crippen molar-refractivity contribution in [3.8, 4) is 6.07 Å². The van der Waals surface area contributed by atoms with Gasteiger partial charge in [0.2, 0.25) is 5.91 Å². The van der Waals surface area contributed by atoms with Crippen molar-refractivity contribution in [2.24, 2.45) is 0 Å². The van der Waals surface area contributed by atoms with Crippen molar-refractivity contribution in [3.63, 3.8) is 0 Å². The van der Waals surface area contributed by atoms with Crippen LogP contribution in [0.1, 0.15) is 13.3 Å². The van der Waals surface area contributed by atoms with E-state index in [-0.39, 0.29) is 18.7 Å². The molecule has 0 aromatic carbocycles. The van der Waals surface area contributed by atoms with Crippen molar-refractivity contribution < 1.29 is 9.59 Å². The number of nitrogens with one attached hydrogen (secondary N) is 1. The predicted octanol–water partition coefficient (Wildman–Crippen LogP) is -0.395. The lowest BCUT2D eigenvalue weighted by Crippen LogP contribution is -2.24. The summed E-state index contributed by atoms with van der Waals surface area (Å²) >= 11 is 0. The van der Waals surface area contributed by atoms with E-state index in [9.17, 15) is 9.59 Å². The van der Waals surface area contributed by atoms with E-state index in [1.54, 1.807) is 6.07 Å². The molecule has 0 fully saturated rings. The molecule has 0 radical (unpaired) electrons. The molecule has 54 valence electrons. The predicted molar refractivity (Wildman–Crippen MR) is 33.9 cm³/mol. The molecule has 0 spiro atoms. The van der Waals surface area contributed by atoms with Gasteiger partial charge in [0.15, 0.2) is 0 Å². The summed E-state index contributed by atoms with van der Waals surface area (Å²) in [4.78, 5) is 20.8. The zero-order valence-corrected chi connectivity index (χ0v) is 5.68. The molecule has 0 aromatic heterocycles. The number of ketones is 1. The maximum absolute atomic E-state index is 10.5. The van der Waals surface area contributed by atoms with Crippen LogP contribution in [0.15, 0.2) is 0 Å². The molecular formula is C6H8N2O2. The van der Waals surface area contributed by atoms with E-state index in [1.807, 2.05) is 0 Å². The maximum Gasteiger partial charge on any atom is 0.228 e. The Morgan fingerprint density at radius 3 is 2.60 bits per heavy atom. The van der Waals surface area contributed by atoms with Crippen LogP contribution < -0.4 is 5.32 Å². The highest BCUT2D eigenvalue weighted by Gasteiger charge is 2.01. The number of carbonyl (C=O) groups is 2. The van der Waals surface area contributed by atoms with E-state index in [1.165, 1.54) is 6.92 Å². The number of hydrogen-bond donors (Lipinski definition) is 1. The van der Waals surface area contributed by atoms with Gasteiger partial charge in [-0.2, -0.15) is 5.26 Å². The molecule has 10 heavy (non-hydrogen) atoms. The summed E-state index contributed by atoms with van der Waals surface area (Å²) in [7, 11) is 0. The SMILES string of the molecule is CC(=O)CC(=O)NCC#N. The number of carbonyl (C=O) groups excluding carboxylic acids is 2. The fourth-order valence-electron chi connectivity index (χ4n) is 0.427. The first-order chi connectivity index (χ1) is 4.66. The van der Waals surface area contributed by atoms with Crippen LogP contribution in [-0.2, 0) is 9.59 Å². The summed E-state index contributed by atoms with van der Waals surface area (Å²) in [6, 6.07) is 1.73. The highest BCUT2D eigenvalue weighted by atomic mass is 16.2. The van der Waals surface area contributed by atoms with Gasteiger partial charge in [0.25, 0.3) is 0 Å². The number of nitrogens with zero attached hydrogens (tertiary/aromatic N) is 1. The average molecular weight is 140 g/mol. The van der Waals surface area contributed by atoms with Gasteiger partial charge in [-0.3, -0.25) is 9.59 Å². The van der Waals surface area contributed by atoms with Crippen molar-refractivity contribution >= 4 is 11.7 Å². The molecule has 0 heterocycles.